The number of aromatic nitrogens is 1. The Morgan fingerprint density at radius 3 is 2.89 bits per heavy atom. The zero-order chi connectivity index (χ0) is 13.1. The van der Waals surface area contributed by atoms with Gasteiger partial charge in [0.15, 0.2) is 5.82 Å². The van der Waals surface area contributed by atoms with Gasteiger partial charge in [0.1, 0.15) is 11.3 Å². The summed E-state index contributed by atoms with van der Waals surface area (Å²) >= 11 is 0. The predicted molar refractivity (Wildman–Crippen MR) is 64.2 cm³/mol. The smallest absolute Gasteiger partial charge is 0.253 e. The van der Waals surface area contributed by atoms with Crippen LogP contribution in [0.2, 0.25) is 0 Å². The van der Waals surface area contributed by atoms with E-state index in [1.54, 1.807) is 0 Å². The van der Waals surface area contributed by atoms with E-state index in [9.17, 15) is 13.6 Å². The molecule has 18 heavy (non-hydrogen) atoms. The van der Waals surface area contributed by atoms with Crippen LogP contribution in [0.1, 0.15) is 10.4 Å². The van der Waals surface area contributed by atoms with Crippen LogP contribution < -0.4 is 5.32 Å². The van der Waals surface area contributed by atoms with E-state index in [-0.39, 0.29) is 22.4 Å². The van der Waals surface area contributed by atoms with E-state index in [1.165, 1.54) is 18.3 Å². The van der Waals surface area contributed by atoms with Crippen molar-refractivity contribution >= 4 is 16.8 Å². The second-order valence-corrected chi connectivity index (χ2v) is 3.68. The molecule has 0 aliphatic heterocycles. The Morgan fingerprint density at radius 2 is 2.17 bits per heavy atom. The normalized spacial score (nSPS) is 10.3. The number of fused-ring (bicyclic) bond motifs is 1. The summed E-state index contributed by atoms with van der Waals surface area (Å²) < 4.78 is 26.4. The van der Waals surface area contributed by atoms with Crippen molar-refractivity contribution < 1.29 is 13.6 Å². The molecule has 0 aliphatic carbocycles. The zero-order valence-corrected chi connectivity index (χ0v) is 9.41. The van der Waals surface area contributed by atoms with E-state index >= 15 is 0 Å². The number of nitrogens with one attached hydrogen (secondary N) is 1. The highest BCUT2D eigenvalue weighted by Crippen LogP contribution is 2.18. The molecule has 1 heterocycles. The Morgan fingerprint density at radius 1 is 1.39 bits per heavy atom. The van der Waals surface area contributed by atoms with Gasteiger partial charge < -0.3 is 5.32 Å². The molecule has 92 valence electrons. The van der Waals surface area contributed by atoms with Crippen LogP contribution in [0.3, 0.4) is 0 Å². The highest BCUT2D eigenvalue weighted by atomic mass is 19.1. The zero-order valence-electron chi connectivity index (χ0n) is 9.41. The Labute approximate surface area is 102 Å². The number of pyridine rings is 1. The van der Waals surface area contributed by atoms with Crippen molar-refractivity contribution in [2.75, 3.05) is 6.54 Å². The molecule has 0 bridgehead atoms. The number of carbonyl (C=O) groups excluding carboxylic acids is 1. The minimum atomic E-state index is -0.747. The fourth-order valence-corrected chi connectivity index (χ4v) is 1.56. The van der Waals surface area contributed by atoms with Crippen LogP contribution >= 0.6 is 0 Å². The van der Waals surface area contributed by atoms with Crippen molar-refractivity contribution in [3.8, 4) is 0 Å². The number of amides is 1. The number of rotatable bonds is 3. The van der Waals surface area contributed by atoms with Gasteiger partial charge in [-0.1, -0.05) is 6.08 Å². The maximum Gasteiger partial charge on any atom is 0.253 e. The van der Waals surface area contributed by atoms with Crippen LogP contribution in [0, 0.1) is 11.6 Å². The molecule has 0 aliphatic rings. The molecule has 0 saturated heterocycles. The summed E-state index contributed by atoms with van der Waals surface area (Å²) in [5.74, 6) is -1.82. The Balaban J connectivity index is 2.43. The summed E-state index contributed by atoms with van der Waals surface area (Å²) in [7, 11) is 0. The van der Waals surface area contributed by atoms with Gasteiger partial charge in [0, 0.05) is 24.2 Å². The summed E-state index contributed by atoms with van der Waals surface area (Å²) in [5, 5.41) is 2.81. The second kappa shape index (κ2) is 4.91. The van der Waals surface area contributed by atoms with Gasteiger partial charge in [-0.3, -0.25) is 9.78 Å². The quantitative estimate of drug-likeness (QED) is 0.847. The predicted octanol–water partition coefficient (Wildman–Crippen LogP) is 2.43. The van der Waals surface area contributed by atoms with Crippen LogP contribution in [-0.4, -0.2) is 17.4 Å². The highest BCUT2D eigenvalue weighted by Gasteiger charge is 2.10. The molecule has 1 aromatic heterocycles. The lowest BCUT2D eigenvalue weighted by atomic mass is 10.1. The highest BCUT2D eigenvalue weighted by molar-refractivity contribution is 5.97. The van der Waals surface area contributed by atoms with Crippen molar-refractivity contribution in [1.29, 1.82) is 0 Å². The molecule has 0 atom stereocenters. The van der Waals surface area contributed by atoms with Crippen LogP contribution in [0.15, 0.2) is 37.1 Å². The van der Waals surface area contributed by atoms with Gasteiger partial charge in [-0.15, -0.1) is 6.58 Å². The maximum absolute atomic E-state index is 13.4. The minimum Gasteiger partial charge on any atom is -0.349 e. The molecule has 0 saturated carbocycles. The van der Waals surface area contributed by atoms with E-state index in [0.29, 0.717) is 6.54 Å². The summed E-state index contributed by atoms with van der Waals surface area (Å²) in [6, 6.07) is 3.29. The van der Waals surface area contributed by atoms with Gasteiger partial charge in [-0.25, -0.2) is 8.78 Å². The molecule has 2 aromatic rings. The van der Waals surface area contributed by atoms with E-state index in [4.69, 9.17) is 0 Å². The first kappa shape index (κ1) is 12.2. The van der Waals surface area contributed by atoms with Crippen LogP contribution in [-0.2, 0) is 0 Å². The van der Waals surface area contributed by atoms with Crippen molar-refractivity contribution in [3.05, 3.63) is 54.2 Å². The van der Waals surface area contributed by atoms with Crippen LogP contribution in [0.4, 0.5) is 8.78 Å². The van der Waals surface area contributed by atoms with Gasteiger partial charge in [0.25, 0.3) is 5.91 Å². The minimum absolute atomic E-state index is 0.0386. The third-order valence-electron chi connectivity index (χ3n) is 2.37. The first-order valence-electron chi connectivity index (χ1n) is 5.25. The van der Waals surface area contributed by atoms with Crippen molar-refractivity contribution in [2.24, 2.45) is 0 Å². The van der Waals surface area contributed by atoms with E-state index < -0.39 is 11.6 Å². The molecule has 5 heteroatoms. The Hall–Kier alpha value is -2.30. The van der Waals surface area contributed by atoms with E-state index in [1.807, 2.05) is 0 Å². The SMILES string of the molecule is C=CCNC(=O)c1cnc2c(F)cc(F)cc2c1. The lowest BCUT2D eigenvalue weighted by molar-refractivity contribution is 0.0958. The molecule has 0 spiro atoms. The number of hydrogen-bond acceptors (Lipinski definition) is 2. The van der Waals surface area contributed by atoms with Crippen molar-refractivity contribution in [3.63, 3.8) is 0 Å². The Bertz CT molecular complexity index is 626. The molecular weight excluding hydrogens is 238 g/mol. The number of benzene rings is 1. The van der Waals surface area contributed by atoms with Gasteiger partial charge >= 0.3 is 0 Å². The van der Waals surface area contributed by atoms with Crippen molar-refractivity contribution in [2.45, 2.75) is 0 Å². The second-order valence-electron chi connectivity index (χ2n) is 3.68. The maximum atomic E-state index is 13.4. The summed E-state index contributed by atoms with van der Waals surface area (Å²) in [4.78, 5) is 15.5. The molecule has 0 radical (unpaired) electrons. The fourth-order valence-electron chi connectivity index (χ4n) is 1.56. The lowest BCUT2D eigenvalue weighted by Gasteiger charge is -2.04. The summed E-state index contributed by atoms with van der Waals surface area (Å²) in [6.07, 6.45) is 2.79. The number of halogens is 2. The van der Waals surface area contributed by atoms with E-state index in [2.05, 4.69) is 16.9 Å². The third kappa shape index (κ3) is 2.34. The molecule has 3 nitrogen and oxygen atoms in total. The molecule has 0 fully saturated rings. The number of nitrogens with zero attached hydrogens (tertiary/aromatic N) is 1. The molecule has 1 N–H and O–H groups in total. The van der Waals surface area contributed by atoms with Crippen LogP contribution in [0.25, 0.3) is 10.9 Å². The van der Waals surface area contributed by atoms with E-state index in [0.717, 1.165) is 12.1 Å². The number of carbonyl (C=O) groups is 1. The number of hydrogen-bond donors (Lipinski definition) is 1. The molecule has 1 amide bonds. The average Bonchev–Trinajstić information content (AvgIpc) is 2.34. The molecular formula is C13H10F2N2O. The summed E-state index contributed by atoms with van der Waals surface area (Å²) in [6.45, 7) is 3.78. The topological polar surface area (TPSA) is 42.0 Å². The summed E-state index contributed by atoms with van der Waals surface area (Å²) in [5.41, 5.74) is 0.283. The Kier molecular flexibility index (Phi) is 3.32. The average molecular weight is 248 g/mol. The molecule has 1 aromatic carbocycles. The van der Waals surface area contributed by atoms with Crippen LogP contribution in [0.5, 0.6) is 0 Å². The molecule has 0 unspecified atom stereocenters. The standard InChI is InChI=1S/C13H10F2N2O/c1-2-3-16-13(18)9-4-8-5-10(14)6-11(15)12(8)17-7-9/h2,4-7H,1,3H2,(H,16,18). The van der Waals surface area contributed by atoms with Gasteiger partial charge in [0.2, 0.25) is 0 Å². The monoisotopic (exact) mass is 248 g/mol. The first-order valence-corrected chi connectivity index (χ1v) is 5.25. The lowest BCUT2D eigenvalue weighted by Crippen LogP contribution is -2.23. The molecule has 2 rings (SSSR count). The third-order valence-corrected chi connectivity index (χ3v) is 2.37. The fraction of sp³-hybridized carbons (Fsp3) is 0.0769. The van der Waals surface area contributed by atoms with Crippen molar-refractivity contribution in [1.82, 2.24) is 10.3 Å². The van der Waals surface area contributed by atoms with Gasteiger partial charge in [-0.05, 0) is 12.1 Å². The first-order chi connectivity index (χ1) is 8.61. The van der Waals surface area contributed by atoms with Gasteiger partial charge in [-0.2, -0.15) is 0 Å². The largest absolute Gasteiger partial charge is 0.349 e. The van der Waals surface area contributed by atoms with Gasteiger partial charge in [0.05, 0.1) is 5.56 Å².